The summed E-state index contributed by atoms with van der Waals surface area (Å²) in [4.78, 5) is 14.6. The number of nitrogens with zero attached hydrogens (tertiary/aromatic N) is 2. The Morgan fingerprint density at radius 1 is 1.32 bits per heavy atom. The molecule has 19 heavy (non-hydrogen) atoms. The van der Waals surface area contributed by atoms with Gasteiger partial charge in [-0.3, -0.25) is 10.1 Å². The molecule has 0 aliphatic carbocycles. The monoisotopic (exact) mass is 259 g/mol. The van der Waals surface area contributed by atoms with Crippen LogP contribution in [0.2, 0.25) is 0 Å². The van der Waals surface area contributed by atoms with Crippen LogP contribution in [0.5, 0.6) is 11.6 Å². The topological polar surface area (TPSA) is 91.3 Å². The molecule has 1 aromatic carbocycles. The average Bonchev–Trinajstić information content (AvgIpc) is 2.34. The van der Waals surface area contributed by atoms with Crippen LogP contribution in [0.4, 0.5) is 11.4 Å². The standard InChI is InChI=1S/C13H13N3O3/c1-8-5-9(2)13(11(6-8)16(17)18)19-12-4-3-10(14)7-15-12/h3-7H,14H2,1-2H3. The van der Waals surface area contributed by atoms with Crippen LogP contribution in [0.15, 0.2) is 30.5 Å². The van der Waals surface area contributed by atoms with Crippen LogP contribution in [0.1, 0.15) is 11.1 Å². The molecule has 2 rings (SSSR count). The maximum absolute atomic E-state index is 11.1. The van der Waals surface area contributed by atoms with E-state index in [9.17, 15) is 10.1 Å². The third-order valence-corrected chi connectivity index (χ3v) is 2.56. The largest absolute Gasteiger partial charge is 0.432 e. The van der Waals surface area contributed by atoms with E-state index in [1.54, 1.807) is 26.0 Å². The van der Waals surface area contributed by atoms with Gasteiger partial charge in [0.1, 0.15) is 0 Å². The van der Waals surface area contributed by atoms with Gasteiger partial charge in [0.25, 0.3) is 0 Å². The summed E-state index contributed by atoms with van der Waals surface area (Å²) in [5, 5.41) is 11.1. The van der Waals surface area contributed by atoms with Gasteiger partial charge in [-0.15, -0.1) is 0 Å². The molecule has 0 radical (unpaired) electrons. The second-order valence-electron chi connectivity index (χ2n) is 4.22. The van der Waals surface area contributed by atoms with Crippen molar-refractivity contribution in [3.8, 4) is 11.6 Å². The number of ether oxygens (including phenoxy) is 1. The van der Waals surface area contributed by atoms with E-state index in [4.69, 9.17) is 10.5 Å². The molecule has 0 spiro atoms. The summed E-state index contributed by atoms with van der Waals surface area (Å²) in [5.74, 6) is 0.470. The molecule has 0 aliphatic rings. The number of nitrogen functional groups attached to an aromatic ring is 1. The summed E-state index contributed by atoms with van der Waals surface area (Å²) in [5.41, 5.74) is 7.44. The van der Waals surface area contributed by atoms with Crippen LogP contribution in [-0.2, 0) is 0 Å². The van der Waals surface area contributed by atoms with Crippen LogP contribution in [0.25, 0.3) is 0 Å². The number of benzene rings is 1. The second-order valence-corrected chi connectivity index (χ2v) is 4.22. The van der Waals surface area contributed by atoms with Crippen LogP contribution >= 0.6 is 0 Å². The fourth-order valence-electron chi connectivity index (χ4n) is 1.76. The normalized spacial score (nSPS) is 10.2. The summed E-state index contributed by atoms with van der Waals surface area (Å²) in [7, 11) is 0. The first-order valence-corrected chi connectivity index (χ1v) is 5.62. The lowest BCUT2D eigenvalue weighted by atomic mass is 10.1. The van der Waals surface area contributed by atoms with Crippen molar-refractivity contribution in [2.75, 3.05) is 5.73 Å². The minimum absolute atomic E-state index is 0.0730. The van der Waals surface area contributed by atoms with E-state index in [0.717, 1.165) is 5.56 Å². The maximum Gasteiger partial charge on any atom is 0.312 e. The lowest BCUT2D eigenvalue weighted by Crippen LogP contribution is -1.98. The van der Waals surface area contributed by atoms with Crippen molar-refractivity contribution < 1.29 is 9.66 Å². The van der Waals surface area contributed by atoms with Crippen molar-refractivity contribution in [2.24, 2.45) is 0 Å². The number of nitrogens with two attached hydrogens (primary N) is 1. The zero-order valence-corrected chi connectivity index (χ0v) is 10.6. The van der Waals surface area contributed by atoms with Crippen molar-refractivity contribution in [1.82, 2.24) is 4.98 Å². The third kappa shape index (κ3) is 2.79. The number of nitro groups is 1. The van der Waals surface area contributed by atoms with E-state index >= 15 is 0 Å². The first-order chi connectivity index (χ1) is 8.97. The molecule has 1 aromatic heterocycles. The van der Waals surface area contributed by atoms with Gasteiger partial charge < -0.3 is 10.5 Å². The van der Waals surface area contributed by atoms with E-state index in [-0.39, 0.29) is 17.3 Å². The fraction of sp³-hybridized carbons (Fsp3) is 0.154. The second kappa shape index (κ2) is 4.93. The fourth-order valence-corrected chi connectivity index (χ4v) is 1.76. The molecule has 6 nitrogen and oxygen atoms in total. The molecule has 0 fully saturated rings. The van der Waals surface area contributed by atoms with Crippen molar-refractivity contribution in [3.05, 3.63) is 51.7 Å². The molecule has 0 bridgehead atoms. The highest BCUT2D eigenvalue weighted by Crippen LogP contribution is 2.35. The summed E-state index contributed by atoms with van der Waals surface area (Å²) >= 11 is 0. The minimum Gasteiger partial charge on any atom is -0.432 e. The third-order valence-electron chi connectivity index (χ3n) is 2.56. The Bertz CT molecular complexity index is 624. The molecule has 0 saturated heterocycles. The van der Waals surface area contributed by atoms with Gasteiger partial charge in [-0.2, -0.15) is 0 Å². The van der Waals surface area contributed by atoms with Crippen molar-refractivity contribution in [2.45, 2.75) is 13.8 Å². The van der Waals surface area contributed by atoms with Gasteiger partial charge in [-0.1, -0.05) is 6.07 Å². The molecule has 0 saturated carbocycles. The molecule has 0 atom stereocenters. The minimum atomic E-state index is -0.466. The number of pyridine rings is 1. The molecule has 0 amide bonds. The van der Waals surface area contributed by atoms with E-state index in [1.807, 2.05) is 6.07 Å². The van der Waals surface area contributed by atoms with Gasteiger partial charge >= 0.3 is 5.69 Å². The molecule has 0 unspecified atom stereocenters. The quantitative estimate of drug-likeness (QED) is 0.675. The maximum atomic E-state index is 11.1. The number of rotatable bonds is 3. The highest BCUT2D eigenvalue weighted by molar-refractivity contribution is 5.55. The van der Waals surface area contributed by atoms with Gasteiger partial charge in [-0.25, -0.2) is 4.98 Å². The zero-order valence-electron chi connectivity index (χ0n) is 10.6. The Hall–Kier alpha value is -2.63. The molecular weight excluding hydrogens is 246 g/mol. The van der Waals surface area contributed by atoms with E-state index in [0.29, 0.717) is 11.3 Å². The van der Waals surface area contributed by atoms with E-state index in [2.05, 4.69) is 4.98 Å². The highest BCUT2D eigenvalue weighted by atomic mass is 16.6. The lowest BCUT2D eigenvalue weighted by Gasteiger charge is -2.09. The van der Waals surface area contributed by atoms with Crippen molar-refractivity contribution >= 4 is 11.4 Å². The van der Waals surface area contributed by atoms with E-state index < -0.39 is 4.92 Å². The Morgan fingerprint density at radius 3 is 2.63 bits per heavy atom. The number of nitro benzene ring substituents is 1. The van der Waals surface area contributed by atoms with Gasteiger partial charge in [0.2, 0.25) is 11.6 Å². The Labute approximate surface area is 110 Å². The SMILES string of the molecule is Cc1cc(C)c(Oc2ccc(N)cn2)c([N+](=O)[O-])c1. The average molecular weight is 259 g/mol. The summed E-state index contributed by atoms with van der Waals surface area (Å²) in [6.07, 6.45) is 1.44. The lowest BCUT2D eigenvalue weighted by molar-refractivity contribution is -0.385. The zero-order chi connectivity index (χ0) is 14.0. The van der Waals surface area contributed by atoms with Gasteiger partial charge in [0, 0.05) is 12.1 Å². The molecule has 6 heteroatoms. The van der Waals surface area contributed by atoms with Crippen molar-refractivity contribution in [1.29, 1.82) is 0 Å². The predicted octanol–water partition coefficient (Wildman–Crippen LogP) is 2.98. The molecule has 2 aromatic rings. The van der Waals surface area contributed by atoms with Gasteiger partial charge in [0.15, 0.2) is 0 Å². The summed E-state index contributed by atoms with van der Waals surface area (Å²) in [6, 6.07) is 6.48. The first kappa shape index (κ1) is 12.8. The molecule has 1 heterocycles. The molecule has 2 N–H and O–H groups in total. The summed E-state index contributed by atoms with van der Waals surface area (Å²) in [6.45, 7) is 3.55. The Kier molecular flexibility index (Phi) is 3.33. The number of aromatic nitrogens is 1. The number of anilines is 1. The Balaban J connectivity index is 2.44. The number of hydrogen-bond donors (Lipinski definition) is 1. The first-order valence-electron chi connectivity index (χ1n) is 5.62. The van der Waals surface area contributed by atoms with E-state index in [1.165, 1.54) is 12.3 Å². The smallest absolute Gasteiger partial charge is 0.312 e. The highest BCUT2D eigenvalue weighted by Gasteiger charge is 2.19. The van der Waals surface area contributed by atoms with Crippen LogP contribution in [0, 0.1) is 24.0 Å². The summed E-state index contributed by atoms with van der Waals surface area (Å²) < 4.78 is 5.50. The molecule has 98 valence electrons. The number of aryl methyl sites for hydroxylation is 2. The Morgan fingerprint density at radius 2 is 2.05 bits per heavy atom. The molecular formula is C13H13N3O3. The molecule has 0 aliphatic heterocycles. The van der Waals surface area contributed by atoms with Gasteiger partial charge in [0.05, 0.1) is 16.8 Å². The van der Waals surface area contributed by atoms with Crippen molar-refractivity contribution in [3.63, 3.8) is 0 Å². The van der Waals surface area contributed by atoms with Crippen LogP contribution in [-0.4, -0.2) is 9.91 Å². The predicted molar refractivity (Wildman–Crippen MR) is 71.3 cm³/mol. The van der Waals surface area contributed by atoms with Crippen LogP contribution in [0.3, 0.4) is 0 Å². The van der Waals surface area contributed by atoms with Crippen LogP contribution < -0.4 is 10.5 Å². The number of hydrogen-bond acceptors (Lipinski definition) is 5. The van der Waals surface area contributed by atoms with Gasteiger partial charge in [-0.05, 0) is 31.0 Å².